The van der Waals surface area contributed by atoms with Crippen LogP contribution in [0.3, 0.4) is 0 Å². The van der Waals surface area contributed by atoms with E-state index in [1.807, 2.05) is 31.4 Å². The van der Waals surface area contributed by atoms with Gasteiger partial charge in [-0.15, -0.1) is 11.3 Å². The first kappa shape index (κ1) is 17.4. The highest BCUT2D eigenvalue weighted by atomic mass is 32.1. The number of hydrogen-bond acceptors (Lipinski definition) is 5. The number of nitrogens with zero attached hydrogens (tertiary/aromatic N) is 2. The van der Waals surface area contributed by atoms with E-state index in [2.05, 4.69) is 11.1 Å². The van der Waals surface area contributed by atoms with Crippen LogP contribution in [0.5, 0.6) is 0 Å². The summed E-state index contributed by atoms with van der Waals surface area (Å²) in [5.41, 5.74) is 3.93. The van der Waals surface area contributed by atoms with Crippen LogP contribution in [0.25, 0.3) is 21.3 Å². The van der Waals surface area contributed by atoms with Gasteiger partial charge in [-0.3, -0.25) is 9.36 Å². The number of aromatic nitrogens is 2. The standard InChI is InChI=1S/C19H20N2O3S/c1-5-24-19(23)13(4)21-10-20-17-16(18(21)22)15(9-25-17)14-7-6-11(2)8-12(14)3/h6-10,13H,5H2,1-4H3. The number of benzene rings is 1. The molecule has 0 saturated carbocycles. The number of thiophene rings is 1. The van der Waals surface area contributed by atoms with E-state index in [0.29, 0.717) is 10.2 Å². The van der Waals surface area contributed by atoms with Crippen molar-refractivity contribution >= 4 is 27.5 Å². The van der Waals surface area contributed by atoms with Crippen molar-refractivity contribution in [1.82, 2.24) is 9.55 Å². The predicted octanol–water partition coefficient (Wildman–Crippen LogP) is 3.87. The molecule has 0 radical (unpaired) electrons. The van der Waals surface area contributed by atoms with Gasteiger partial charge in [0.1, 0.15) is 10.9 Å². The molecule has 0 amide bonds. The molecule has 3 aromatic rings. The van der Waals surface area contributed by atoms with Crippen molar-refractivity contribution in [2.75, 3.05) is 6.61 Å². The number of ether oxygens (including phenoxy) is 1. The first-order valence-electron chi connectivity index (χ1n) is 8.16. The molecule has 2 heterocycles. The van der Waals surface area contributed by atoms with Crippen LogP contribution >= 0.6 is 11.3 Å². The zero-order valence-electron chi connectivity index (χ0n) is 14.7. The Morgan fingerprint density at radius 3 is 2.76 bits per heavy atom. The average Bonchev–Trinajstić information content (AvgIpc) is 2.99. The van der Waals surface area contributed by atoms with E-state index < -0.39 is 12.0 Å². The Bertz CT molecular complexity index is 1000. The Hall–Kier alpha value is -2.47. The van der Waals surface area contributed by atoms with Gasteiger partial charge in [-0.2, -0.15) is 0 Å². The van der Waals surface area contributed by atoms with Crippen molar-refractivity contribution in [3.8, 4) is 11.1 Å². The molecule has 1 unspecified atom stereocenters. The highest BCUT2D eigenvalue weighted by Crippen LogP contribution is 2.33. The van der Waals surface area contributed by atoms with Gasteiger partial charge in [-0.1, -0.05) is 23.8 Å². The summed E-state index contributed by atoms with van der Waals surface area (Å²) in [5, 5.41) is 2.51. The molecule has 2 aromatic heterocycles. The van der Waals surface area contributed by atoms with Crippen LogP contribution in [0, 0.1) is 13.8 Å². The molecule has 3 rings (SSSR count). The zero-order chi connectivity index (χ0) is 18.1. The number of rotatable bonds is 4. The van der Waals surface area contributed by atoms with Gasteiger partial charge in [0.05, 0.1) is 18.3 Å². The molecule has 0 bridgehead atoms. The Labute approximate surface area is 149 Å². The monoisotopic (exact) mass is 356 g/mol. The quantitative estimate of drug-likeness (QED) is 0.666. The van der Waals surface area contributed by atoms with Crippen LogP contribution in [0.4, 0.5) is 0 Å². The molecule has 25 heavy (non-hydrogen) atoms. The lowest BCUT2D eigenvalue weighted by Gasteiger charge is -2.13. The minimum Gasteiger partial charge on any atom is -0.464 e. The Morgan fingerprint density at radius 2 is 2.08 bits per heavy atom. The molecule has 0 spiro atoms. The third-order valence-electron chi connectivity index (χ3n) is 4.24. The molecule has 0 aliphatic rings. The first-order chi connectivity index (χ1) is 11.9. The van der Waals surface area contributed by atoms with Crippen LogP contribution in [-0.4, -0.2) is 22.1 Å². The van der Waals surface area contributed by atoms with E-state index in [9.17, 15) is 9.59 Å². The molecule has 0 fully saturated rings. The molecule has 6 heteroatoms. The summed E-state index contributed by atoms with van der Waals surface area (Å²) in [4.78, 5) is 30.1. The van der Waals surface area contributed by atoms with Crippen molar-refractivity contribution in [2.45, 2.75) is 33.7 Å². The molecular formula is C19H20N2O3S. The van der Waals surface area contributed by atoms with Crippen molar-refractivity contribution in [3.05, 3.63) is 51.4 Å². The van der Waals surface area contributed by atoms with E-state index in [1.165, 1.54) is 27.8 Å². The Morgan fingerprint density at radius 1 is 1.32 bits per heavy atom. The summed E-state index contributed by atoms with van der Waals surface area (Å²) in [6.07, 6.45) is 1.43. The van der Waals surface area contributed by atoms with Crippen LogP contribution in [0.1, 0.15) is 31.0 Å². The topological polar surface area (TPSA) is 61.2 Å². The molecule has 0 aliphatic heterocycles. The number of carbonyl (C=O) groups is 1. The minimum absolute atomic E-state index is 0.221. The number of fused-ring (bicyclic) bond motifs is 1. The van der Waals surface area contributed by atoms with Gasteiger partial charge in [0.15, 0.2) is 0 Å². The maximum Gasteiger partial charge on any atom is 0.328 e. The lowest BCUT2D eigenvalue weighted by molar-refractivity contribution is -0.146. The van der Waals surface area contributed by atoms with E-state index in [1.54, 1.807) is 13.8 Å². The van der Waals surface area contributed by atoms with Crippen molar-refractivity contribution in [3.63, 3.8) is 0 Å². The molecule has 0 saturated heterocycles. The summed E-state index contributed by atoms with van der Waals surface area (Å²) >= 11 is 1.43. The molecule has 0 aliphatic carbocycles. The minimum atomic E-state index is -0.712. The number of aryl methyl sites for hydroxylation is 2. The number of carbonyl (C=O) groups excluding carboxylic acids is 1. The molecular weight excluding hydrogens is 336 g/mol. The average molecular weight is 356 g/mol. The molecule has 1 aromatic carbocycles. The highest BCUT2D eigenvalue weighted by Gasteiger charge is 2.21. The summed E-state index contributed by atoms with van der Waals surface area (Å²) in [5.74, 6) is -0.436. The van der Waals surface area contributed by atoms with E-state index >= 15 is 0 Å². The third kappa shape index (κ3) is 3.09. The van der Waals surface area contributed by atoms with Crippen molar-refractivity contribution < 1.29 is 9.53 Å². The van der Waals surface area contributed by atoms with Crippen LogP contribution < -0.4 is 5.56 Å². The lowest BCUT2D eigenvalue weighted by atomic mass is 9.99. The van der Waals surface area contributed by atoms with E-state index in [4.69, 9.17) is 4.74 Å². The Kier molecular flexibility index (Phi) is 4.72. The van der Waals surface area contributed by atoms with Crippen LogP contribution in [0.15, 0.2) is 34.7 Å². The smallest absolute Gasteiger partial charge is 0.328 e. The fourth-order valence-electron chi connectivity index (χ4n) is 2.91. The van der Waals surface area contributed by atoms with Crippen LogP contribution in [0.2, 0.25) is 0 Å². The maximum atomic E-state index is 13.0. The van der Waals surface area contributed by atoms with Gasteiger partial charge >= 0.3 is 5.97 Å². The van der Waals surface area contributed by atoms with Gasteiger partial charge in [-0.05, 0) is 38.8 Å². The van der Waals surface area contributed by atoms with E-state index in [-0.39, 0.29) is 12.2 Å². The number of esters is 1. The normalized spacial score (nSPS) is 12.3. The number of hydrogen-bond donors (Lipinski definition) is 0. The zero-order valence-corrected chi connectivity index (χ0v) is 15.5. The second kappa shape index (κ2) is 6.80. The van der Waals surface area contributed by atoms with Crippen LogP contribution in [-0.2, 0) is 9.53 Å². The second-order valence-corrected chi connectivity index (χ2v) is 6.89. The van der Waals surface area contributed by atoms with Gasteiger partial charge in [-0.25, -0.2) is 9.78 Å². The first-order valence-corrected chi connectivity index (χ1v) is 9.04. The summed E-state index contributed by atoms with van der Waals surface area (Å²) < 4.78 is 6.38. The fourth-order valence-corrected chi connectivity index (χ4v) is 3.81. The van der Waals surface area contributed by atoms with E-state index in [0.717, 1.165) is 16.7 Å². The van der Waals surface area contributed by atoms with Gasteiger partial charge in [0.25, 0.3) is 5.56 Å². The molecule has 1 atom stereocenters. The molecule has 130 valence electrons. The highest BCUT2D eigenvalue weighted by molar-refractivity contribution is 7.17. The molecule has 5 nitrogen and oxygen atoms in total. The van der Waals surface area contributed by atoms with Crippen molar-refractivity contribution in [1.29, 1.82) is 0 Å². The second-order valence-electron chi connectivity index (χ2n) is 6.03. The summed E-state index contributed by atoms with van der Waals surface area (Å²) in [6.45, 7) is 7.74. The summed E-state index contributed by atoms with van der Waals surface area (Å²) in [7, 11) is 0. The fraction of sp³-hybridized carbons (Fsp3) is 0.316. The summed E-state index contributed by atoms with van der Waals surface area (Å²) in [6, 6.07) is 5.44. The van der Waals surface area contributed by atoms with Gasteiger partial charge < -0.3 is 4.74 Å². The predicted molar refractivity (Wildman–Crippen MR) is 100 cm³/mol. The van der Waals surface area contributed by atoms with Crippen molar-refractivity contribution in [2.24, 2.45) is 0 Å². The maximum absolute atomic E-state index is 13.0. The lowest BCUT2D eigenvalue weighted by Crippen LogP contribution is -2.29. The van der Waals surface area contributed by atoms with Gasteiger partial charge in [0.2, 0.25) is 0 Å². The van der Waals surface area contributed by atoms with Gasteiger partial charge in [0, 0.05) is 10.9 Å². The largest absolute Gasteiger partial charge is 0.464 e. The molecule has 0 N–H and O–H groups in total. The Balaban J connectivity index is 2.18. The SMILES string of the molecule is CCOC(=O)C(C)n1cnc2scc(-c3ccc(C)cc3C)c2c1=O. The third-order valence-corrected chi connectivity index (χ3v) is 5.12.